The number of hydrogen-bond acceptors (Lipinski definition) is 4. The molecule has 2 N–H and O–H groups in total. The molecule has 34 heavy (non-hydrogen) atoms. The maximum Gasteiger partial charge on any atom is 0.224 e. The Hall–Kier alpha value is -1.98. The number of nitrogens with one attached hydrogen (secondary N) is 1. The minimum Gasteiger partial charge on any atom is -0.505 e. The van der Waals surface area contributed by atoms with E-state index >= 15 is 0 Å². The minimum absolute atomic E-state index is 0.00404. The molecule has 0 aliphatic rings. The fourth-order valence-corrected chi connectivity index (χ4v) is 4.23. The van der Waals surface area contributed by atoms with Crippen LogP contribution in [0.2, 0.25) is 10.0 Å². The first kappa shape index (κ1) is 28.3. The highest BCUT2D eigenvalue weighted by Gasteiger charge is 2.09. The second kappa shape index (κ2) is 16.6. The number of ether oxygens (including phenoxy) is 1. The van der Waals surface area contributed by atoms with Gasteiger partial charge in [-0.05, 0) is 12.5 Å². The van der Waals surface area contributed by atoms with Crippen LogP contribution in [0.15, 0.2) is 30.5 Å². The van der Waals surface area contributed by atoms with Crippen LogP contribution in [0, 0.1) is 0 Å². The Morgan fingerprint density at radius 1 is 0.882 bits per heavy atom. The number of amides is 1. The Bertz CT molecular complexity index is 836. The van der Waals surface area contributed by atoms with Crippen LogP contribution in [0.1, 0.15) is 96.8 Å². The monoisotopic (exact) mass is 508 g/mol. The fraction of sp³-hybridized carbons (Fsp3) is 0.556. The number of halogens is 2. The Balaban J connectivity index is 1.53. The van der Waals surface area contributed by atoms with E-state index in [4.69, 9.17) is 27.9 Å². The maximum atomic E-state index is 12.2. The van der Waals surface area contributed by atoms with E-state index in [9.17, 15) is 9.90 Å². The van der Waals surface area contributed by atoms with E-state index in [0.29, 0.717) is 23.7 Å². The van der Waals surface area contributed by atoms with Crippen molar-refractivity contribution >= 4 is 34.8 Å². The van der Waals surface area contributed by atoms with Crippen molar-refractivity contribution in [3.63, 3.8) is 0 Å². The first-order valence-electron chi connectivity index (χ1n) is 12.6. The molecule has 5 nitrogen and oxygen atoms in total. The fourth-order valence-electron chi connectivity index (χ4n) is 3.76. The van der Waals surface area contributed by atoms with Gasteiger partial charge in [-0.15, -0.1) is 0 Å². The van der Waals surface area contributed by atoms with Crippen molar-refractivity contribution < 1.29 is 14.6 Å². The van der Waals surface area contributed by atoms with Crippen LogP contribution in [0.4, 0.5) is 5.69 Å². The van der Waals surface area contributed by atoms with Gasteiger partial charge in [-0.1, -0.05) is 107 Å². The number of carbonyl (C=O) groups excluding carboxylic acids is 1. The molecule has 2 rings (SSSR count). The molecule has 1 aromatic heterocycles. The molecule has 0 bridgehead atoms. The number of aromatic hydroxyl groups is 1. The summed E-state index contributed by atoms with van der Waals surface area (Å²) in [5, 5.41) is 12.7. The van der Waals surface area contributed by atoms with E-state index in [2.05, 4.69) is 17.2 Å². The van der Waals surface area contributed by atoms with Crippen LogP contribution >= 0.6 is 23.2 Å². The molecule has 1 heterocycles. The molecule has 0 saturated heterocycles. The van der Waals surface area contributed by atoms with Crippen molar-refractivity contribution in [1.29, 1.82) is 0 Å². The van der Waals surface area contributed by atoms with Crippen LogP contribution in [-0.4, -0.2) is 16.0 Å². The van der Waals surface area contributed by atoms with Gasteiger partial charge in [0.2, 0.25) is 11.8 Å². The summed E-state index contributed by atoms with van der Waals surface area (Å²) in [5.74, 6) is 0.493. The summed E-state index contributed by atoms with van der Waals surface area (Å²) in [6.45, 7) is 2.26. The number of hydrogen-bond donors (Lipinski definition) is 2. The van der Waals surface area contributed by atoms with Crippen LogP contribution in [0.25, 0.3) is 0 Å². The van der Waals surface area contributed by atoms with Crippen molar-refractivity contribution in [2.45, 2.75) is 96.8 Å². The van der Waals surface area contributed by atoms with Gasteiger partial charge in [0.15, 0.2) is 5.75 Å². The molecule has 2 aromatic rings. The smallest absolute Gasteiger partial charge is 0.224 e. The largest absolute Gasteiger partial charge is 0.505 e. The second-order valence-electron chi connectivity index (χ2n) is 8.76. The van der Waals surface area contributed by atoms with Crippen LogP contribution in [0.3, 0.4) is 0 Å². The highest BCUT2D eigenvalue weighted by Crippen LogP contribution is 2.36. The van der Waals surface area contributed by atoms with E-state index in [1.807, 2.05) is 0 Å². The first-order valence-corrected chi connectivity index (χ1v) is 13.4. The molecule has 0 radical (unpaired) electrons. The molecule has 0 saturated carbocycles. The molecule has 0 aliphatic carbocycles. The summed E-state index contributed by atoms with van der Waals surface area (Å²) in [6.07, 6.45) is 18.8. The number of phenols is 1. The van der Waals surface area contributed by atoms with E-state index in [0.717, 1.165) is 12.8 Å². The summed E-state index contributed by atoms with van der Waals surface area (Å²) in [4.78, 5) is 16.4. The van der Waals surface area contributed by atoms with Crippen molar-refractivity contribution in [2.24, 2.45) is 0 Å². The standard InChI is InChI=1S/C27H38Cl2N2O3/c1-2-3-4-5-6-7-8-9-10-11-12-13-14-15-25(32)31-21-16-17-26(30-20-21)34-22-18-23(28)27(33)24(29)19-22/h16-20,33H,2-15H2,1H3,(H,31,32). The lowest BCUT2D eigenvalue weighted by Gasteiger charge is -2.09. The van der Waals surface area contributed by atoms with Crippen LogP contribution in [0.5, 0.6) is 17.4 Å². The number of rotatable bonds is 17. The Morgan fingerprint density at radius 2 is 1.41 bits per heavy atom. The Morgan fingerprint density at radius 3 is 1.91 bits per heavy atom. The van der Waals surface area contributed by atoms with Gasteiger partial charge in [-0.2, -0.15) is 0 Å². The van der Waals surface area contributed by atoms with Gasteiger partial charge >= 0.3 is 0 Å². The average Bonchev–Trinajstić information content (AvgIpc) is 2.81. The topological polar surface area (TPSA) is 71.5 Å². The lowest BCUT2D eigenvalue weighted by molar-refractivity contribution is -0.116. The lowest BCUT2D eigenvalue weighted by atomic mass is 10.0. The summed E-state index contributed by atoms with van der Waals surface area (Å²) in [6, 6.07) is 6.29. The summed E-state index contributed by atoms with van der Waals surface area (Å²) >= 11 is 11.8. The number of nitrogens with zero attached hydrogens (tertiary/aromatic N) is 1. The summed E-state index contributed by atoms with van der Waals surface area (Å²) in [5.41, 5.74) is 0.619. The zero-order valence-electron chi connectivity index (χ0n) is 20.3. The number of unbranched alkanes of at least 4 members (excludes halogenated alkanes) is 12. The van der Waals surface area contributed by atoms with Gasteiger partial charge in [0, 0.05) is 24.6 Å². The van der Waals surface area contributed by atoms with Crippen molar-refractivity contribution in [2.75, 3.05) is 5.32 Å². The van der Waals surface area contributed by atoms with E-state index < -0.39 is 0 Å². The predicted octanol–water partition coefficient (Wildman–Crippen LogP) is 9.31. The van der Waals surface area contributed by atoms with Gasteiger partial charge < -0.3 is 15.2 Å². The number of aromatic nitrogens is 1. The molecule has 1 aromatic carbocycles. The van der Waals surface area contributed by atoms with E-state index in [1.54, 1.807) is 18.3 Å². The van der Waals surface area contributed by atoms with E-state index in [1.165, 1.54) is 82.8 Å². The number of anilines is 1. The third-order valence-electron chi connectivity index (χ3n) is 5.74. The quantitative estimate of drug-likeness (QED) is 0.208. The number of carbonyl (C=O) groups is 1. The molecule has 0 aliphatic heterocycles. The third-order valence-corrected chi connectivity index (χ3v) is 6.32. The van der Waals surface area contributed by atoms with Crippen molar-refractivity contribution in [3.8, 4) is 17.4 Å². The van der Waals surface area contributed by atoms with Gasteiger partial charge in [0.1, 0.15) is 5.75 Å². The number of phenolic OH excluding ortho intramolecular Hbond substituents is 1. The van der Waals surface area contributed by atoms with Gasteiger partial charge in [0.25, 0.3) is 0 Å². The molecular weight excluding hydrogens is 471 g/mol. The Labute approximate surface area is 214 Å². The third kappa shape index (κ3) is 11.4. The van der Waals surface area contributed by atoms with Crippen molar-refractivity contribution in [1.82, 2.24) is 4.98 Å². The molecule has 0 unspecified atom stereocenters. The lowest BCUT2D eigenvalue weighted by Crippen LogP contribution is -2.11. The zero-order valence-corrected chi connectivity index (χ0v) is 21.8. The highest BCUT2D eigenvalue weighted by atomic mass is 35.5. The molecule has 1 amide bonds. The average molecular weight is 510 g/mol. The minimum atomic E-state index is -0.190. The van der Waals surface area contributed by atoms with Gasteiger partial charge in [0.05, 0.1) is 21.9 Å². The van der Waals surface area contributed by atoms with Crippen molar-refractivity contribution in [3.05, 3.63) is 40.5 Å². The maximum absolute atomic E-state index is 12.2. The van der Waals surface area contributed by atoms with Gasteiger partial charge in [-0.25, -0.2) is 4.98 Å². The SMILES string of the molecule is CCCCCCCCCCCCCCCC(=O)Nc1ccc(Oc2cc(Cl)c(O)c(Cl)c2)nc1. The van der Waals surface area contributed by atoms with Crippen LogP contribution in [-0.2, 0) is 4.79 Å². The predicted molar refractivity (Wildman–Crippen MR) is 141 cm³/mol. The second-order valence-corrected chi connectivity index (χ2v) is 9.58. The van der Waals surface area contributed by atoms with E-state index in [-0.39, 0.29) is 21.7 Å². The van der Waals surface area contributed by atoms with Crippen LogP contribution < -0.4 is 10.1 Å². The molecule has 7 heteroatoms. The number of benzene rings is 1. The molecular formula is C27H38Cl2N2O3. The molecule has 0 fully saturated rings. The number of pyridine rings is 1. The molecule has 188 valence electrons. The van der Waals surface area contributed by atoms with Gasteiger partial charge in [-0.3, -0.25) is 4.79 Å². The normalized spacial score (nSPS) is 10.9. The highest BCUT2D eigenvalue weighted by molar-refractivity contribution is 6.37. The summed E-state index contributed by atoms with van der Waals surface area (Å²) < 4.78 is 5.60. The molecule has 0 spiro atoms. The summed E-state index contributed by atoms with van der Waals surface area (Å²) in [7, 11) is 0. The molecule has 0 atom stereocenters. The zero-order chi connectivity index (χ0) is 24.6. The Kier molecular flexibility index (Phi) is 13.8. The first-order chi connectivity index (χ1) is 16.5.